The number of amides is 1. The van der Waals surface area contributed by atoms with Crippen LogP contribution in [0.5, 0.6) is 5.88 Å². The number of rotatable bonds is 4. The van der Waals surface area contributed by atoms with Crippen molar-refractivity contribution >= 4 is 17.4 Å². The molecule has 9 heteroatoms. The smallest absolute Gasteiger partial charge is 0.285 e. The van der Waals surface area contributed by atoms with Crippen molar-refractivity contribution in [1.82, 2.24) is 19.6 Å². The molecular weight excluding hydrogens is 384 g/mol. The van der Waals surface area contributed by atoms with Gasteiger partial charge in [0.25, 0.3) is 11.5 Å². The van der Waals surface area contributed by atoms with E-state index in [1.165, 1.54) is 7.11 Å². The van der Waals surface area contributed by atoms with Crippen molar-refractivity contribution in [3.8, 4) is 23.1 Å². The molecular formula is C21H16N6O3. The molecule has 9 nitrogen and oxygen atoms in total. The van der Waals surface area contributed by atoms with Crippen LogP contribution in [0.15, 0.2) is 53.3 Å². The molecule has 148 valence electrons. The highest BCUT2D eigenvalue weighted by Crippen LogP contribution is 2.26. The van der Waals surface area contributed by atoms with Gasteiger partial charge in [-0.3, -0.25) is 14.7 Å². The fourth-order valence-corrected chi connectivity index (χ4v) is 3.18. The largest absolute Gasteiger partial charge is 0.481 e. The first-order chi connectivity index (χ1) is 14.5. The number of nitrogens with zero attached hydrogens (tertiary/aromatic N) is 4. The average molecular weight is 400 g/mol. The van der Waals surface area contributed by atoms with Crippen LogP contribution in [-0.2, 0) is 0 Å². The maximum atomic E-state index is 13.1. The summed E-state index contributed by atoms with van der Waals surface area (Å²) in [6.45, 7) is 1.57. The molecule has 3 heterocycles. The zero-order chi connectivity index (χ0) is 21.3. The summed E-state index contributed by atoms with van der Waals surface area (Å²) in [5, 5.41) is 14.9. The van der Waals surface area contributed by atoms with Gasteiger partial charge in [-0.2, -0.15) is 14.8 Å². The molecule has 2 N–H and O–H groups in total. The number of ether oxygens (including phenoxy) is 1. The summed E-state index contributed by atoms with van der Waals surface area (Å²) < 4.78 is 6.15. The Morgan fingerprint density at radius 2 is 1.93 bits per heavy atom. The lowest BCUT2D eigenvalue weighted by Gasteiger charge is -2.08. The van der Waals surface area contributed by atoms with Crippen LogP contribution >= 0.6 is 0 Å². The van der Waals surface area contributed by atoms with Crippen molar-refractivity contribution in [2.75, 3.05) is 12.4 Å². The van der Waals surface area contributed by atoms with Crippen molar-refractivity contribution in [1.29, 1.82) is 5.26 Å². The molecule has 0 bridgehead atoms. The molecule has 3 aromatic heterocycles. The summed E-state index contributed by atoms with van der Waals surface area (Å²) in [4.78, 5) is 34.5. The predicted octanol–water partition coefficient (Wildman–Crippen LogP) is 2.53. The lowest BCUT2D eigenvalue weighted by molar-refractivity contribution is 0.102. The SMILES string of the molecule is COc1cccc(NC(=O)c2c(C)nc3c(-c4ccccc4)c(C#N)[nH]n3c2=O)n1. The van der Waals surface area contributed by atoms with E-state index in [1.807, 2.05) is 30.3 Å². The van der Waals surface area contributed by atoms with Crippen LogP contribution in [0.2, 0.25) is 0 Å². The number of nitrogens with one attached hydrogen (secondary N) is 2. The van der Waals surface area contributed by atoms with E-state index < -0.39 is 11.5 Å². The molecule has 4 rings (SSSR count). The summed E-state index contributed by atoms with van der Waals surface area (Å²) in [6.07, 6.45) is 0. The molecule has 0 atom stereocenters. The summed E-state index contributed by atoms with van der Waals surface area (Å²) in [6, 6.07) is 16.1. The highest BCUT2D eigenvalue weighted by atomic mass is 16.5. The first kappa shape index (κ1) is 18.9. The monoisotopic (exact) mass is 400 g/mol. The van der Waals surface area contributed by atoms with Crippen molar-refractivity contribution < 1.29 is 9.53 Å². The normalized spacial score (nSPS) is 10.6. The van der Waals surface area contributed by atoms with Gasteiger partial charge in [-0.1, -0.05) is 36.4 Å². The Bertz CT molecular complexity index is 1370. The van der Waals surface area contributed by atoms with Gasteiger partial charge < -0.3 is 10.1 Å². The third-order valence-electron chi connectivity index (χ3n) is 4.54. The van der Waals surface area contributed by atoms with Crippen molar-refractivity contribution in [2.24, 2.45) is 0 Å². The van der Waals surface area contributed by atoms with Crippen molar-refractivity contribution in [3.63, 3.8) is 0 Å². The van der Waals surface area contributed by atoms with Gasteiger partial charge >= 0.3 is 0 Å². The second-order valence-corrected chi connectivity index (χ2v) is 6.40. The number of anilines is 1. The lowest BCUT2D eigenvalue weighted by Crippen LogP contribution is -2.29. The zero-order valence-corrected chi connectivity index (χ0v) is 16.1. The summed E-state index contributed by atoms with van der Waals surface area (Å²) in [5.74, 6) is -0.0997. The van der Waals surface area contributed by atoms with E-state index in [4.69, 9.17) is 4.74 Å². The second-order valence-electron chi connectivity index (χ2n) is 6.40. The zero-order valence-electron chi connectivity index (χ0n) is 16.1. The minimum Gasteiger partial charge on any atom is -0.481 e. The molecule has 0 unspecified atom stereocenters. The van der Waals surface area contributed by atoms with E-state index >= 15 is 0 Å². The molecule has 0 aliphatic carbocycles. The van der Waals surface area contributed by atoms with Crippen LogP contribution in [-0.4, -0.2) is 32.6 Å². The Morgan fingerprint density at radius 1 is 1.17 bits per heavy atom. The molecule has 4 aromatic rings. The van der Waals surface area contributed by atoms with Gasteiger partial charge in [0.1, 0.15) is 23.1 Å². The number of carbonyl (C=O) groups excluding carboxylic acids is 1. The summed E-state index contributed by atoms with van der Waals surface area (Å²) in [7, 11) is 1.46. The van der Waals surface area contributed by atoms with Gasteiger partial charge in [-0.15, -0.1) is 0 Å². The molecule has 0 spiro atoms. The van der Waals surface area contributed by atoms with E-state index in [0.29, 0.717) is 11.4 Å². The van der Waals surface area contributed by atoms with Crippen molar-refractivity contribution in [3.05, 3.63) is 75.8 Å². The van der Waals surface area contributed by atoms with Crippen molar-refractivity contribution in [2.45, 2.75) is 6.92 Å². The van der Waals surface area contributed by atoms with Gasteiger partial charge in [-0.25, -0.2) is 4.98 Å². The third-order valence-corrected chi connectivity index (χ3v) is 4.54. The summed E-state index contributed by atoms with van der Waals surface area (Å²) in [5.41, 5.74) is 1.16. The number of carbonyl (C=O) groups is 1. The molecule has 0 saturated heterocycles. The Hall–Kier alpha value is -4.45. The number of methoxy groups -OCH3 is 1. The fraction of sp³-hybridized carbons (Fsp3) is 0.0952. The highest BCUT2D eigenvalue weighted by molar-refractivity contribution is 6.04. The number of aromatic amines is 1. The minimum absolute atomic E-state index is 0.150. The number of aromatic nitrogens is 4. The molecule has 1 aromatic carbocycles. The summed E-state index contributed by atoms with van der Waals surface area (Å²) >= 11 is 0. The van der Waals surface area contributed by atoms with Crippen LogP contribution in [0.1, 0.15) is 21.7 Å². The molecule has 0 aliphatic heterocycles. The van der Waals surface area contributed by atoms with E-state index in [0.717, 1.165) is 10.1 Å². The number of pyridine rings is 1. The number of aryl methyl sites for hydroxylation is 1. The quantitative estimate of drug-likeness (QED) is 0.542. The number of hydrogen-bond donors (Lipinski definition) is 2. The highest BCUT2D eigenvalue weighted by Gasteiger charge is 2.23. The Balaban J connectivity index is 1.84. The number of nitriles is 1. The Labute approximate surface area is 170 Å². The van der Waals surface area contributed by atoms with Crippen LogP contribution in [0.25, 0.3) is 16.8 Å². The Kier molecular flexibility index (Phi) is 4.74. The van der Waals surface area contributed by atoms with Crippen LogP contribution in [0.3, 0.4) is 0 Å². The van der Waals surface area contributed by atoms with E-state index in [9.17, 15) is 14.9 Å². The number of H-pyrrole nitrogens is 1. The molecule has 0 radical (unpaired) electrons. The van der Waals surface area contributed by atoms with Gasteiger partial charge in [-0.05, 0) is 18.6 Å². The molecule has 0 saturated carbocycles. The van der Waals surface area contributed by atoms with Gasteiger partial charge in [0.15, 0.2) is 5.65 Å². The van der Waals surface area contributed by atoms with E-state index in [2.05, 4.69) is 26.5 Å². The first-order valence-electron chi connectivity index (χ1n) is 8.96. The van der Waals surface area contributed by atoms with Gasteiger partial charge in [0.05, 0.1) is 18.4 Å². The first-order valence-corrected chi connectivity index (χ1v) is 8.96. The van der Waals surface area contributed by atoms with Crippen LogP contribution in [0.4, 0.5) is 5.82 Å². The van der Waals surface area contributed by atoms with E-state index in [-0.39, 0.29) is 28.4 Å². The standard InChI is InChI=1S/C21H16N6O3/c1-12-17(20(28)25-15-9-6-10-16(24-15)30-2)21(29)27-19(23-12)18(14(11-22)26-27)13-7-4-3-5-8-13/h3-10,26H,1-2H3,(H,24,25,28). The molecule has 1 amide bonds. The van der Waals surface area contributed by atoms with Gasteiger partial charge in [0.2, 0.25) is 5.88 Å². The number of benzene rings is 1. The van der Waals surface area contributed by atoms with Crippen LogP contribution < -0.4 is 15.6 Å². The average Bonchev–Trinajstić information content (AvgIpc) is 3.13. The van der Waals surface area contributed by atoms with Gasteiger partial charge in [0, 0.05) is 6.07 Å². The maximum absolute atomic E-state index is 13.1. The maximum Gasteiger partial charge on any atom is 0.285 e. The molecule has 30 heavy (non-hydrogen) atoms. The number of fused-ring (bicyclic) bond motifs is 1. The second kappa shape index (κ2) is 7.52. The topological polar surface area (TPSA) is 125 Å². The third kappa shape index (κ3) is 3.16. The minimum atomic E-state index is -0.658. The predicted molar refractivity (Wildman–Crippen MR) is 109 cm³/mol. The van der Waals surface area contributed by atoms with Crippen LogP contribution in [0, 0.1) is 18.3 Å². The molecule has 0 fully saturated rings. The fourth-order valence-electron chi connectivity index (χ4n) is 3.18. The Morgan fingerprint density at radius 3 is 2.63 bits per heavy atom. The molecule has 0 aliphatic rings. The number of hydrogen-bond acceptors (Lipinski definition) is 6. The lowest BCUT2D eigenvalue weighted by atomic mass is 10.1. The van der Waals surface area contributed by atoms with E-state index in [1.54, 1.807) is 25.1 Å².